The first-order valence-corrected chi connectivity index (χ1v) is 7.08. The summed E-state index contributed by atoms with van der Waals surface area (Å²) in [5.74, 6) is 1.33. The van der Waals surface area contributed by atoms with Crippen molar-refractivity contribution in [1.82, 2.24) is 4.98 Å². The maximum absolute atomic E-state index is 5.79. The molecule has 0 amide bonds. The van der Waals surface area contributed by atoms with Crippen LogP contribution in [0.25, 0.3) is 22.2 Å². The molecule has 22 heavy (non-hydrogen) atoms. The van der Waals surface area contributed by atoms with Gasteiger partial charge < -0.3 is 15.2 Å². The van der Waals surface area contributed by atoms with Gasteiger partial charge in [-0.2, -0.15) is 0 Å². The zero-order valence-electron chi connectivity index (χ0n) is 12.7. The lowest BCUT2D eigenvalue weighted by atomic mass is 10.0. The van der Waals surface area contributed by atoms with Crippen molar-refractivity contribution in [2.24, 2.45) is 5.73 Å². The van der Waals surface area contributed by atoms with Crippen molar-refractivity contribution in [2.45, 2.75) is 6.54 Å². The number of rotatable bonds is 4. The summed E-state index contributed by atoms with van der Waals surface area (Å²) in [6.07, 6.45) is 0. The van der Waals surface area contributed by atoms with E-state index in [0.29, 0.717) is 18.0 Å². The van der Waals surface area contributed by atoms with Gasteiger partial charge in [0, 0.05) is 17.5 Å². The van der Waals surface area contributed by atoms with Gasteiger partial charge in [0.1, 0.15) is 0 Å². The Morgan fingerprint density at radius 2 is 1.82 bits per heavy atom. The molecule has 4 nitrogen and oxygen atoms in total. The summed E-state index contributed by atoms with van der Waals surface area (Å²) in [6, 6.07) is 16.0. The number of methoxy groups -OCH3 is 2. The van der Waals surface area contributed by atoms with E-state index in [9.17, 15) is 0 Å². The molecule has 2 aromatic carbocycles. The van der Waals surface area contributed by atoms with Crippen LogP contribution in [0.3, 0.4) is 0 Å². The molecule has 1 heterocycles. The van der Waals surface area contributed by atoms with E-state index in [0.717, 1.165) is 27.7 Å². The maximum atomic E-state index is 5.79. The van der Waals surface area contributed by atoms with E-state index < -0.39 is 0 Å². The number of pyridine rings is 1. The molecule has 4 heteroatoms. The van der Waals surface area contributed by atoms with Gasteiger partial charge in [-0.3, -0.25) is 0 Å². The van der Waals surface area contributed by atoms with Crippen LogP contribution in [0, 0.1) is 0 Å². The van der Waals surface area contributed by atoms with E-state index in [4.69, 9.17) is 20.2 Å². The van der Waals surface area contributed by atoms with Gasteiger partial charge in [0.2, 0.25) is 0 Å². The molecule has 0 fully saturated rings. The minimum absolute atomic E-state index is 0.431. The third-order valence-electron chi connectivity index (χ3n) is 3.65. The van der Waals surface area contributed by atoms with Crippen molar-refractivity contribution >= 4 is 10.9 Å². The smallest absolute Gasteiger partial charge is 0.170 e. The molecule has 0 aliphatic rings. The molecule has 0 atom stereocenters. The Balaban J connectivity index is 2.23. The van der Waals surface area contributed by atoms with Crippen LogP contribution >= 0.6 is 0 Å². The lowest BCUT2D eigenvalue weighted by Crippen LogP contribution is -2.01. The molecule has 0 aliphatic heterocycles. The Kier molecular flexibility index (Phi) is 3.94. The summed E-state index contributed by atoms with van der Waals surface area (Å²) in [7, 11) is 3.25. The van der Waals surface area contributed by atoms with Crippen molar-refractivity contribution in [3.8, 4) is 22.8 Å². The van der Waals surface area contributed by atoms with E-state index in [2.05, 4.69) is 6.07 Å². The first-order chi connectivity index (χ1) is 10.8. The van der Waals surface area contributed by atoms with Crippen LogP contribution in [-0.2, 0) is 6.54 Å². The van der Waals surface area contributed by atoms with Crippen LogP contribution < -0.4 is 15.2 Å². The Hall–Kier alpha value is -2.59. The van der Waals surface area contributed by atoms with Crippen LogP contribution in [-0.4, -0.2) is 19.2 Å². The van der Waals surface area contributed by atoms with Crippen molar-refractivity contribution < 1.29 is 9.47 Å². The molecule has 0 saturated heterocycles. The highest BCUT2D eigenvalue weighted by Crippen LogP contribution is 2.38. The molecule has 0 radical (unpaired) electrons. The summed E-state index contributed by atoms with van der Waals surface area (Å²) in [6.45, 7) is 0.431. The zero-order chi connectivity index (χ0) is 15.5. The van der Waals surface area contributed by atoms with Crippen molar-refractivity contribution in [2.75, 3.05) is 14.2 Å². The number of nitrogens with two attached hydrogens (primary N) is 1. The van der Waals surface area contributed by atoms with Gasteiger partial charge in [-0.25, -0.2) is 4.98 Å². The second-order valence-electron chi connectivity index (χ2n) is 4.97. The first kappa shape index (κ1) is 14.4. The average molecular weight is 294 g/mol. The minimum atomic E-state index is 0.431. The van der Waals surface area contributed by atoms with Gasteiger partial charge in [-0.15, -0.1) is 0 Å². The van der Waals surface area contributed by atoms with Crippen molar-refractivity contribution in [3.63, 3.8) is 0 Å². The van der Waals surface area contributed by atoms with Gasteiger partial charge in [0.25, 0.3) is 0 Å². The molecule has 0 spiro atoms. The fraction of sp³-hybridized carbons (Fsp3) is 0.167. The molecule has 2 N–H and O–H groups in total. The number of fused-ring (bicyclic) bond motifs is 1. The molecule has 112 valence electrons. The topological polar surface area (TPSA) is 57.4 Å². The molecule has 3 rings (SSSR count). The summed E-state index contributed by atoms with van der Waals surface area (Å²) in [5, 5.41) is 1.10. The number of para-hydroxylation sites is 1. The lowest BCUT2D eigenvalue weighted by Gasteiger charge is -2.14. The van der Waals surface area contributed by atoms with E-state index in [-0.39, 0.29) is 0 Å². The molecule has 3 aromatic rings. The summed E-state index contributed by atoms with van der Waals surface area (Å²) >= 11 is 0. The Morgan fingerprint density at radius 3 is 2.55 bits per heavy atom. The fourth-order valence-electron chi connectivity index (χ4n) is 2.55. The van der Waals surface area contributed by atoms with Crippen LogP contribution in [0.5, 0.6) is 11.5 Å². The SMILES string of the molecule is COc1cc(CN)cc(-c2ccc3ccccc3n2)c1OC. The maximum Gasteiger partial charge on any atom is 0.170 e. The normalized spacial score (nSPS) is 10.7. The Labute approximate surface area is 129 Å². The van der Waals surface area contributed by atoms with Crippen LogP contribution in [0.2, 0.25) is 0 Å². The summed E-state index contributed by atoms with van der Waals surface area (Å²) in [5.41, 5.74) is 9.42. The molecule has 0 unspecified atom stereocenters. The Bertz CT molecular complexity index is 815. The summed E-state index contributed by atoms with van der Waals surface area (Å²) in [4.78, 5) is 4.73. The molecular weight excluding hydrogens is 276 g/mol. The monoisotopic (exact) mass is 294 g/mol. The summed E-state index contributed by atoms with van der Waals surface area (Å²) < 4.78 is 10.9. The van der Waals surface area contributed by atoms with Gasteiger partial charge in [0.15, 0.2) is 11.5 Å². The van der Waals surface area contributed by atoms with E-state index in [1.54, 1.807) is 14.2 Å². The predicted octanol–water partition coefficient (Wildman–Crippen LogP) is 3.38. The third-order valence-corrected chi connectivity index (χ3v) is 3.65. The van der Waals surface area contributed by atoms with Crippen LogP contribution in [0.1, 0.15) is 5.56 Å². The first-order valence-electron chi connectivity index (χ1n) is 7.08. The van der Waals surface area contributed by atoms with Crippen LogP contribution in [0.4, 0.5) is 0 Å². The van der Waals surface area contributed by atoms with E-state index in [1.807, 2.05) is 42.5 Å². The van der Waals surface area contributed by atoms with Crippen molar-refractivity contribution in [1.29, 1.82) is 0 Å². The second-order valence-corrected chi connectivity index (χ2v) is 4.97. The predicted molar refractivity (Wildman–Crippen MR) is 88.2 cm³/mol. The molecular formula is C18H18N2O2. The Morgan fingerprint density at radius 1 is 1.00 bits per heavy atom. The van der Waals surface area contributed by atoms with Crippen molar-refractivity contribution in [3.05, 3.63) is 54.1 Å². The molecule has 0 saturated carbocycles. The highest BCUT2D eigenvalue weighted by molar-refractivity contribution is 5.83. The van der Waals surface area contributed by atoms with Gasteiger partial charge >= 0.3 is 0 Å². The van der Waals surface area contributed by atoms with E-state index >= 15 is 0 Å². The lowest BCUT2D eigenvalue weighted by molar-refractivity contribution is 0.355. The van der Waals surface area contributed by atoms with E-state index in [1.165, 1.54) is 0 Å². The highest BCUT2D eigenvalue weighted by atomic mass is 16.5. The van der Waals surface area contributed by atoms with Gasteiger partial charge in [-0.05, 0) is 29.8 Å². The molecule has 0 bridgehead atoms. The number of hydrogen-bond acceptors (Lipinski definition) is 4. The van der Waals surface area contributed by atoms with Gasteiger partial charge in [0.05, 0.1) is 25.4 Å². The number of ether oxygens (including phenoxy) is 2. The molecule has 0 aliphatic carbocycles. The number of hydrogen-bond donors (Lipinski definition) is 1. The number of nitrogens with zero attached hydrogens (tertiary/aromatic N) is 1. The van der Waals surface area contributed by atoms with Gasteiger partial charge in [-0.1, -0.05) is 24.3 Å². The average Bonchev–Trinajstić information content (AvgIpc) is 2.59. The highest BCUT2D eigenvalue weighted by Gasteiger charge is 2.15. The second kappa shape index (κ2) is 6.03. The fourth-order valence-corrected chi connectivity index (χ4v) is 2.55. The number of aromatic nitrogens is 1. The quantitative estimate of drug-likeness (QED) is 0.801. The standard InChI is InChI=1S/C18H18N2O2/c1-21-17-10-12(11-19)9-14(18(17)22-2)16-8-7-13-5-3-4-6-15(13)20-16/h3-10H,11,19H2,1-2H3. The van der Waals surface area contributed by atoms with Crippen LogP contribution in [0.15, 0.2) is 48.5 Å². The number of benzene rings is 2. The molecule has 1 aromatic heterocycles. The third kappa shape index (κ3) is 2.49. The minimum Gasteiger partial charge on any atom is -0.493 e. The largest absolute Gasteiger partial charge is 0.493 e. The zero-order valence-corrected chi connectivity index (χ0v) is 12.7.